The van der Waals surface area contributed by atoms with E-state index in [1.54, 1.807) is 0 Å². The van der Waals surface area contributed by atoms with Gasteiger partial charge < -0.3 is 0 Å². The van der Waals surface area contributed by atoms with Gasteiger partial charge in [0.15, 0.2) is 0 Å². The summed E-state index contributed by atoms with van der Waals surface area (Å²) in [5.74, 6) is 0. The van der Waals surface area contributed by atoms with Crippen LogP contribution in [0.2, 0.25) is 0 Å². The van der Waals surface area contributed by atoms with Crippen molar-refractivity contribution in [1.82, 2.24) is 0 Å². The average Bonchev–Trinajstić information content (AvgIpc) is 1.62. The fraction of sp³-hybridized carbons (Fsp3) is 0. The van der Waals surface area contributed by atoms with E-state index in [9.17, 15) is 0 Å². The summed E-state index contributed by atoms with van der Waals surface area (Å²) in [5, 5.41) is 0. The van der Waals surface area contributed by atoms with Crippen LogP contribution in [0.1, 0.15) is 0 Å². The third-order valence-corrected chi connectivity index (χ3v) is 0. The second-order valence-electron chi connectivity index (χ2n) is 1.51. The van der Waals surface area contributed by atoms with Gasteiger partial charge in [-0.1, -0.05) is 0 Å². The molecule has 0 rings (SSSR count). The van der Waals surface area contributed by atoms with Crippen LogP contribution in [-0.2, 0) is 20.4 Å². The molecular formula is I4O16Re-4. The van der Waals surface area contributed by atoms with Crippen LogP contribution in [0.25, 0.3) is 0 Å². The van der Waals surface area contributed by atoms with Crippen molar-refractivity contribution >= 4 is 0 Å². The summed E-state index contributed by atoms with van der Waals surface area (Å²) in [6, 6.07) is 0. The molecule has 0 heterocycles. The van der Waals surface area contributed by atoms with Crippen molar-refractivity contribution in [2.24, 2.45) is 0 Å². The summed E-state index contributed by atoms with van der Waals surface area (Å²) in [6.07, 6.45) is 0. The predicted octanol–water partition coefficient (Wildman–Crippen LogP) is -31.0. The van der Waals surface area contributed by atoms with Crippen LogP contribution in [0.5, 0.6) is 0 Å². The maximum atomic E-state index is 8.62. The largest absolute Gasteiger partial charge is 0.286 e. The van der Waals surface area contributed by atoms with Crippen molar-refractivity contribution < 1.29 is 156 Å². The van der Waals surface area contributed by atoms with E-state index in [1.165, 1.54) is 0 Å². The van der Waals surface area contributed by atoms with Gasteiger partial charge in [-0.25, -0.2) is 0 Å². The minimum atomic E-state index is -5.94. The Kier molecular flexibility index (Phi) is 25.5. The van der Waals surface area contributed by atoms with Gasteiger partial charge in [-0.2, -0.15) is 0 Å². The van der Waals surface area contributed by atoms with Gasteiger partial charge >= 0.3 is 0 Å². The van der Waals surface area contributed by atoms with Gasteiger partial charge in [0.1, 0.15) is 80.4 Å². The summed E-state index contributed by atoms with van der Waals surface area (Å²) in [4.78, 5) is 0. The molecule has 0 saturated heterocycles. The first kappa shape index (κ1) is 35.1. The van der Waals surface area contributed by atoms with Crippen LogP contribution in [0.4, 0.5) is 0 Å². The van der Waals surface area contributed by atoms with Crippen LogP contribution < -0.4 is 135 Å². The minimum Gasteiger partial charge on any atom is -0.286 e. The molecule has 0 unspecified atom stereocenters. The maximum absolute atomic E-state index is 8.62. The van der Waals surface area contributed by atoms with E-state index in [-0.39, 0.29) is 20.4 Å². The Morgan fingerprint density at radius 3 is 0.238 bits per heavy atom. The number of hydrogen-bond acceptors (Lipinski definition) is 16. The zero-order valence-corrected chi connectivity index (χ0v) is 19.8. The SMILES string of the molecule is [O-][I+3]([O-])([O-])[O-].[O-][I+3]([O-])([O-])[O-].[O-][I+3]([O-])([O-])[O-].[O-][I+3]([O-])([O-])[O-].[Re]. The molecule has 0 aromatic carbocycles. The molecular weight excluding hydrogens is 950 g/mol. The number of halogens is 4. The third kappa shape index (κ3) is 1160. The minimum absolute atomic E-state index is 0. The zero-order chi connectivity index (χ0) is 18.0. The van der Waals surface area contributed by atoms with Gasteiger partial charge in [-0.3, -0.25) is 55.0 Å². The summed E-state index contributed by atoms with van der Waals surface area (Å²) in [6.45, 7) is 0. The van der Waals surface area contributed by atoms with Gasteiger partial charge in [-0.15, -0.1) is 0 Å². The second-order valence-corrected chi connectivity index (χ2v) is 10.1. The standard InChI is InChI=1S/4IO4.Re/c4*2-1(3,4)5;/q4*-1;. The van der Waals surface area contributed by atoms with Gasteiger partial charge in [0.25, 0.3) is 0 Å². The molecule has 0 amide bonds. The fourth-order valence-electron chi connectivity index (χ4n) is 0. The first-order valence-electron chi connectivity index (χ1n) is 2.47. The molecule has 0 spiro atoms. The average molecular weight is 950 g/mol. The molecule has 21 heavy (non-hydrogen) atoms. The summed E-state index contributed by atoms with van der Waals surface area (Å²) in [7, 11) is 0. The van der Waals surface area contributed by atoms with E-state index in [0.29, 0.717) is 0 Å². The molecule has 16 nitrogen and oxygen atoms in total. The molecule has 135 valence electrons. The Bertz CT molecular complexity index is 130. The summed E-state index contributed by atoms with van der Waals surface area (Å²) >= 11 is -23.8. The van der Waals surface area contributed by atoms with E-state index < -0.39 is 80.4 Å². The van der Waals surface area contributed by atoms with Crippen molar-refractivity contribution in [3.8, 4) is 0 Å². The number of hydrogen-bond donors (Lipinski definition) is 0. The first-order valence-corrected chi connectivity index (χ1v) is 16.6. The molecule has 0 saturated carbocycles. The molecule has 0 aromatic rings. The Morgan fingerprint density at radius 2 is 0.238 bits per heavy atom. The molecule has 0 aliphatic rings. The first-order chi connectivity index (χ1) is 8.00. The molecule has 0 aliphatic heterocycles. The third-order valence-electron chi connectivity index (χ3n) is 0. The predicted molar refractivity (Wildman–Crippen MR) is 0 cm³/mol. The Labute approximate surface area is 153 Å². The van der Waals surface area contributed by atoms with Gasteiger partial charge in [-0.05, 0) is 0 Å². The molecule has 0 aromatic heterocycles. The van der Waals surface area contributed by atoms with Crippen LogP contribution in [-0.4, -0.2) is 0 Å². The molecule has 1 radical (unpaired) electrons. The molecule has 0 aliphatic carbocycles. The van der Waals surface area contributed by atoms with E-state index in [0.717, 1.165) is 0 Å². The van der Waals surface area contributed by atoms with Crippen molar-refractivity contribution in [2.45, 2.75) is 0 Å². The number of rotatable bonds is 0. The Morgan fingerprint density at radius 1 is 0.238 bits per heavy atom. The van der Waals surface area contributed by atoms with Crippen molar-refractivity contribution in [2.75, 3.05) is 0 Å². The van der Waals surface area contributed by atoms with E-state index >= 15 is 0 Å². The van der Waals surface area contributed by atoms with Crippen LogP contribution in [0.3, 0.4) is 0 Å². The monoisotopic (exact) mass is 950 g/mol. The van der Waals surface area contributed by atoms with Gasteiger partial charge in [0.05, 0.1) is 0 Å². The van der Waals surface area contributed by atoms with Crippen LogP contribution >= 0.6 is 0 Å². The van der Waals surface area contributed by atoms with Crippen LogP contribution in [0, 0.1) is 0 Å². The van der Waals surface area contributed by atoms with Crippen molar-refractivity contribution in [3.05, 3.63) is 0 Å². The molecule has 0 N–H and O–H groups in total. The molecule has 21 heteroatoms. The normalized spacial score (nSPS) is 11.4. The summed E-state index contributed by atoms with van der Waals surface area (Å²) < 4.78 is 138. The summed E-state index contributed by atoms with van der Waals surface area (Å²) in [5.41, 5.74) is 0. The van der Waals surface area contributed by atoms with E-state index in [2.05, 4.69) is 0 Å². The molecule has 0 atom stereocenters. The van der Waals surface area contributed by atoms with Gasteiger partial charge in [0.2, 0.25) is 0 Å². The fourth-order valence-corrected chi connectivity index (χ4v) is 0. The Hall–Kier alpha value is 2.94. The molecule has 0 bridgehead atoms. The van der Waals surface area contributed by atoms with E-state index in [1.807, 2.05) is 0 Å². The van der Waals surface area contributed by atoms with Crippen molar-refractivity contribution in [1.29, 1.82) is 0 Å². The van der Waals surface area contributed by atoms with Crippen molar-refractivity contribution in [3.63, 3.8) is 0 Å². The molecule has 0 fully saturated rings. The quantitative estimate of drug-likeness (QED) is 0.204. The topological polar surface area (TPSA) is 369 Å². The van der Waals surface area contributed by atoms with Crippen LogP contribution in [0.15, 0.2) is 0 Å². The Balaban J connectivity index is -0.0000000533. The maximum Gasteiger partial charge on any atom is 0.144 e. The van der Waals surface area contributed by atoms with Gasteiger partial charge in [0, 0.05) is 20.4 Å². The smallest absolute Gasteiger partial charge is 0.144 e. The second kappa shape index (κ2) is 15.2. The zero-order valence-electron chi connectivity index (χ0n) is 8.42. The van der Waals surface area contributed by atoms with E-state index in [4.69, 9.17) is 55.0 Å².